The molecule has 5 nitrogen and oxygen atoms in total. The second-order valence-electron chi connectivity index (χ2n) is 6.77. The summed E-state index contributed by atoms with van der Waals surface area (Å²) >= 11 is 0. The van der Waals surface area contributed by atoms with Crippen LogP contribution in [0.3, 0.4) is 0 Å². The van der Waals surface area contributed by atoms with Crippen LogP contribution in [0.25, 0.3) is 5.57 Å². The van der Waals surface area contributed by atoms with Crippen molar-refractivity contribution in [2.75, 3.05) is 33.7 Å². The third-order valence-corrected chi connectivity index (χ3v) is 3.91. The standard InChI is InChI=1S/C24H33N3O2/c1-7-10-19(3)11-12-20(4)21-13-15-22(16-14-21)23(28)29-24(25-8-2)26-17-9-18-27(5)6/h7,10-16H,3-4,8-9,17-18H2,1-2,5-6H3,(H,25,26)/b10-7-,12-11+. The first-order valence-electron chi connectivity index (χ1n) is 9.81. The summed E-state index contributed by atoms with van der Waals surface area (Å²) in [5.41, 5.74) is 3.12. The lowest BCUT2D eigenvalue weighted by molar-refractivity contribution is 0.0707. The van der Waals surface area contributed by atoms with E-state index in [1.807, 2.05) is 64.4 Å². The molecule has 0 spiro atoms. The summed E-state index contributed by atoms with van der Waals surface area (Å²) in [6.45, 7) is 14.0. The van der Waals surface area contributed by atoms with Gasteiger partial charge in [-0.3, -0.25) is 0 Å². The number of nitrogens with zero attached hydrogens (tertiary/aromatic N) is 2. The van der Waals surface area contributed by atoms with Crippen molar-refractivity contribution in [3.8, 4) is 0 Å². The monoisotopic (exact) mass is 395 g/mol. The molecular weight excluding hydrogens is 362 g/mol. The summed E-state index contributed by atoms with van der Waals surface area (Å²) in [5, 5.41) is 2.99. The van der Waals surface area contributed by atoms with Crippen molar-refractivity contribution < 1.29 is 9.53 Å². The van der Waals surface area contributed by atoms with Crippen LogP contribution < -0.4 is 5.32 Å². The molecule has 0 aliphatic carbocycles. The summed E-state index contributed by atoms with van der Waals surface area (Å²) < 4.78 is 5.42. The molecule has 29 heavy (non-hydrogen) atoms. The van der Waals surface area contributed by atoms with Gasteiger partial charge in [0.05, 0.1) is 5.56 Å². The first-order chi connectivity index (χ1) is 13.9. The normalized spacial score (nSPS) is 12.0. The number of amidine groups is 1. The van der Waals surface area contributed by atoms with Crippen molar-refractivity contribution >= 4 is 17.6 Å². The molecule has 0 unspecified atom stereocenters. The molecule has 0 saturated heterocycles. The zero-order valence-electron chi connectivity index (χ0n) is 18.1. The molecule has 1 N–H and O–H groups in total. The maximum Gasteiger partial charge on any atom is 0.345 e. The van der Waals surface area contributed by atoms with Gasteiger partial charge in [-0.15, -0.1) is 0 Å². The lowest BCUT2D eigenvalue weighted by Gasteiger charge is -2.10. The Morgan fingerprint density at radius 2 is 1.79 bits per heavy atom. The van der Waals surface area contributed by atoms with E-state index in [9.17, 15) is 4.79 Å². The van der Waals surface area contributed by atoms with Gasteiger partial charge in [-0.2, -0.15) is 0 Å². The van der Waals surface area contributed by atoms with Crippen molar-refractivity contribution in [3.05, 3.63) is 78.4 Å². The minimum absolute atomic E-state index is 0.259. The molecule has 0 fully saturated rings. The molecule has 0 aliphatic rings. The molecule has 0 bridgehead atoms. The van der Waals surface area contributed by atoms with Gasteiger partial charge in [0.2, 0.25) is 0 Å². The fourth-order valence-corrected chi connectivity index (χ4v) is 2.38. The fraction of sp³-hybridized carbons (Fsp3) is 0.333. The molecule has 0 amide bonds. The van der Waals surface area contributed by atoms with Crippen LogP contribution in [0.5, 0.6) is 0 Å². The highest BCUT2D eigenvalue weighted by molar-refractivity contribution is 5.98. The predicted octanol–water partition coefficient (Wildman–Crippen LogP) is 4.46. The van der Waals surface area contributed by atoms with E-state index in [0.29, 0.717) is 18.7 Å². The Hall–Kier alpha value is -2.92. The van der Waals surface area contributed by atoms with E-state index in [1.54, 1.807) is 12.1 Å². The van der Waals surface area contributed by atoms with Gasteiger partial charge in [0.25, 0.3) is 6.02 Å². The molecule has 0 saturated carbocycles. The summed E-state index contributed by atoms with van der Waals surface area (Å²) in [7, 11) is 4.03. The summed E-state index contributed by atoms with van der Waals surface area (Å²) in [6.07, 6.45) is 8.56. The lowest BCUT2D eigenvalue weighted by Crippen LogP contribution is -2.29. The van der Waals surface area contributed by atoms with Crippen LogP contribution in [-0.2, 0) is 4.74 Å². The maximum absolute atomic E-state index is 12.4. The van der Waals surface area contributed by atoms with Gasteiger partial charge in [0.15, 0.2) is 0 Å². The topological polar surface area (TPSA) is 53.9 Å². The van der Waals surface area contributed by atoms with Crippen molar-refractivity contribution in [2.45, 2.75) is 20.3 Å². The number of rotatable bonds is 10. The first kappa shape index (κ1) is 24.1. The Morgan fingerprint density at radius 3 is 2.38 bits per heavy atom. The van der Waals surface area contributed by atoms with Crippen LogP contribution in [-0.4, -0.2) is 50.6 Å². The van der Waals surface area contributed by atoms with Crippen LogP contribution in [0.4, 0.5) is 0 Å². The van der Waals surface area contributed by atoms with Gasteiger partial charge in [-0.1, -0.05) is 49.6 Å². The molecule has 1 aromatic carbocycles. The van der Waals surface area contributed by atoms with Crippen molar-refractivity contribution in [1.82, 2.24) is 10.2 Å². The molecule has 0 radical (unpaired) electrons. The van der Waals surface area contributed by atoms with Crippen molar-refractivity contribution in [2.24, 2.45) is 4.99 Å². The zero-order valence-corrected chi connectivity index (χ0v) is 18.1. The number of ether oxygens (including phenoxy) is 1. The fourth-order valence-electron chi connectivity index (χ4n) is 2.38. The molecule has 156 valence electrons. The average Bonchev–Trinajstić information content (AvgIpc) is 2.69. The molecule has 0 aromatic heterocycles. The number of nitrogens with one attached hydrogen (secondary N) is 1. The van der Waals surface area contributed by atoms with Gasteiger partial charge in [0, 0.05) is 13.1 Å². The lowest BCUT2D eigenvalue weighted by atomic mass is 10.0. The summed E-state index contributed by atoms with van der Waals surface area (Å²) in [6, 6.07) is 7.42. The van der Waals surface area contributed by atoms with E-state index in [4.69, 9.17) is 4.74 Å². The number of carbonyl (C=O) groups is 1. The van der Waals surface area contributed by atoms with Gasteiger partial charge in [-0.25, -0.2) is 9.79 Å². The SMILES string of the molecule is C=C(/C=C\C)/C=C/C(=C)c1ccc(C(=O)OC(=NCCCN(C)C)NCC)cc1. The highest BCUT2D eigenvalue weighted by Crippen LogP contribution is 2.16. The molecule has 1 rings (SSSR count). The number of hydrogen-bond donors (Lipinski definition) is 1. The van der Waals surface area contributed by atoms with Crippen LogP contribution in [0.1, 0.15) is 36.2 Å². The van der Waals surface area contributed by atoms with Crippen molar-refractivity contribution in [3.63, 3.8) is 0 Å². The predicted molar refractivity (Wildman–Crippen MR) is 123 cm³/mol. The van der Waals surface area contributed by atoms with Gasteiger partial charge in [-0.05, 0) is 69.8 Å². The molecule has 1 aromatic rings. The quantitative estimate of drug-likeness (QED) is 0.209. The van der Waals surface area contributed by atoms with Crippen LogP contribution in [0, 0.1) is 0 Å². The van der Waals surface area contributed by atoms with E-state index in [0.717, 1.165) is 29.7 Å². The summed E-state index contributed by atoms with van der Waals surface area (Å²) in [4.78, 5) is 18.9. The minimum Gasteiger partial charge on any atom is -0.389 e. The van der Waals surface area contributed by atoms with E-state index in [-0.39, 0.29) is 6.02 Å². The van der Waals surface area contributed by atoms with Crippen molar-refractivity contribution in [1.29, 1.82) is 0 Å². The Kier molecular flexibility index (Phi) is 11.1. The molecule has 5 heteroatoms. The Morgan fingerprint density at radius 1 is 1.14 bits per heavy atom. The minimum atomic E-state index is -0.438. The number of benzene rings is 1. The highest BCUT2D eigenvalue weighted by Gasteiger charge is 2.11. The first-order valence-corrected chi connectivity index (χ1v) is 9.81. The van der Waals surface area contributed by atoms with Gasteiger partial charge >= 0.3 is 5.97 Å². The number of hydrogen-bond acceptors (Lipinski definition) is 4. The number of carbonyl (C=O) groups excluding carboxylic acids is 1. The van der Waals surface area contributed by atoms with E-state index in [1.165, 1.54) is 0 Å². The van der Waals surface area contributed by atoms with Gasteiger partial charge < -0.3 is 15.0 Å². The van der Waals surface area contributed by atoms with Gasteiger partial charge in [0.1, 0.15) is 0 Å². The second-order valence-corrected chi connectivity index (χ2v) is 6.77. The largest absolute Gasteiger partial charge is 0.389 e. The number of aliphatic imine (C=N–C) groups is 1. The Bertz CT molecular complexity index is 772. The second kappa shape index (κ2) is 13.3. The third-order valence-electron chi connectivity index (χ3n) is 3.91. The maximum atomic E-state index is 12.4. The summed E-state index contributed by atoms with van der Waals surface area (Å²) in [5.74, 6) is -0.438. The molecule has 0 aliphatic heterocycles. The smallest absolute Gasteiger partial charge is 0.345 e. The average molecular weight is 396 g/mol. The van der Waals surface area contributed by atoms with E-state index in [2.05, 4.69) is 28.4 Å². The number of allylic oxidation sites excluding steroid dienone is 6. The van der Waals surface area contributed by atoms with Crippen LogP contribution in [0.2, 0.25) is 0 Å². The zero-order chi connectivity index (χ0) is 21.6. The van der Waals surface area contributed by atoms with E-state index < -0.39 is 5.97 Å². The number of esters is 1. The molecular formula is C24H33N3O2. The van der Waals surface area contributed by atoms with Crippen LogP contribution in [0.15, 0.2) is 72.3 Å². The van der Waals surface area contributed by atoms with Crippen LogP contribution >= 0.6 is 0 Å². The molecule has 0 heterocycles. The van der Waals surface area contributed by atoms with E-state index >= 15 is 0 Å². The Labute approximate surface area is 175 Å². The highest BCUT2D eigenvalue weighted by atomic mass is 16.6. The molecule has 0 atom stereocenters. The Balaban J connectivity index is 2.72. The third kappa shape index (κ3) is 9.72.